The second-order valence-corrected chi connectivity index (χ2v) is 6.53. The summed E-state index contributed by atoms with van der Waals surface area (Å²) < 4.78 is 1.35. The molecule has 1 saturated heterocycles. The molecule has 1 unspecified atom stereocenters. The van der Waals surface area contributed by atoms with Crippen molar-refractivity contribution in [1.29, 1.82) is 0 Å². The number of anilines is 1. The van der Waals surface area contributed by atoms with Gasteiger partial charge in [-0.2, -0.15) is 0 Å². The number of halogens is 1. The van der Waals surface area contributed by atoms with Crippen LogP contribution in [0.25, 0.3) is 10.1 Å². The molecule has 2 aromatic heterocycles. The van der Waals surface area contributed by atoms with Crippen molar-refractivity contribution in [2.24, 2.45) is 0 Å². The third kappa shape index (κ3) is 2.28. The third-order valence-electron chi connectivity index (χ3n) is 3.70. The minimum atomic E-state index is 0.649. The molecule has 1 aliphatic heterocycles. The second kappa shape index (κ2) is 5.57. The van der Waals surface area contributed by atoms with Gasteiger partial charge in [-0.25, -0.2) is 4.98 Å². The summed E-state index contributed by atoms with van der Waals surface area (Å²) in [5.41, 5.74) is 0. The van der Waals surface area contributed by atoms with Crippen LogP contribution in [0.2, 0.25) is 0 Å². The van der Waals surface area contributed by atoms with E-state index in [9.17, 15) is 0 Å². The number of nitrogens with zero attached hydrogens (tertiary/aromatic N) is 2. The molecule has 1 atom stereocenters. The smallest absolute Gasteiger partial charge is 0.137 e. The van der Waals surface area contributed by atoms with Crippen molar-refractivity contribution in [3.05, 3.63) is 23.7 Å². The highest BCUT2D eigenvalue weighted by Crippen LogP contribution is 2.33. The van der Waals surface area contributed by atoms with Crippen molar-refractivity contribution in [2.45, 2.75) is 31.7 Å². The summed E-state index contributed by atoms with van der Waals surface area (Å²) in [4.78, 5) is 7.18. The highest BCUT2D eigenvalue weighted by molar-refractivity contribution is 9.09. The fourth-order valence-corrected chi connectivity index (χ4v) is 4.12. The zero-order valence-corrected chi connectivity index (χ0v) is 12.7. The molecular formula is C14H17BrN2S. The minimum absolute atomic E-state index is 0.649. The van der Waals surface area contributed by atoms with Crippen LogP contribution >= 0.6 is 27.3 Å². The number of rotatable bonds is 3. The highest BCUT2D eigenvalue weighted by atomic mass is 79.9. The fraction of sp³-hybridized carbons (Fsp3) is 0.500. The van der Waals surface area contributed by atoms with Gasteiger partial charge in [0.2, 0.25) is 0 Å². The van der Waals surface area contributed by atoms with E-state index in [1.165, 1.54) is 41.6 Å². The maximum atomic E-state index is 4.65. The molecule has 0 bridgehead atoms. The number of aromatic nitrogens is 1. The Kier molecular flexibility index (Phi) is 3.85. The molecule has 3 rings (SSSR count). The summed E-state index contributed by atoms with van der Waals surface area (Å²) in [5, 5.41) is 4.57. The van der Waals surface area contributed by atoms with Crippen LogP contribution in [0.15, 0.2) is 23.7 Å². The van der Waals surface area contributed by atoms with Gasteiger partial charge in [0.25, 0.3) is 0 Å². The van der Waals surface area contributed by atoms with E-state index in [2.05, 4.69) is 43.3 Å². The average Bonchev–Trinajstić information content (AvgIpc) is 2.88. The quantitative estimate of drug-likeness (QED) is 0.776. The van der Waals surface area contributed by atoms with Gasteiger partial charge in [-0.3, -0.25) is 0 Å². The van der Waals surface area contributed by atoms with Gasteiger partial charge in [-0.05, 0) is 43.2 Å². The van der Waals surface area contributed by atoms with E-state index in [-0.39, 0.29) is 0 Å². The van der Waals surface area contributed by atoms with E-state index in [0.29, 0.717) is 6.04 Å². The maximum Gasteiger partial charge on any atom is 0.137 e. The number of thiophene rings is 1. The predicted molar refractivity (Wildman–Crippen MR) is 83.0 cm³/mol. The summed E-state index contributed by atoms with van der Waals surface area (Å²) in [6, 6.07) is 4.98. The van der Waals surface area contributed by atoms with Crippen LogP contribution in [-0.4, -0.2) is 22.9 Å². The molecule has 0 spiro atoms. The van der Waals surface area contributed by atoms with E-state index in [1.807, 2.05) is 6.20 Å². The Morgan fingerprint density at radius 1 is 1.39 bits per heavy atom. The van der Waals surface area contributed by atoms with Crippen molar-refractivity contribution >= 4 is 43.2 Å². The van der Waals surface area contributed by atoms with Crippen LogP contribution in [0.3, 0.4) is 0 Å². The Labute approximate surface area is 120 Å². The maximum absolute atomic E-state index is 4.65. The molecule has 0 radical (unpaired) electrons. The van der Waals surface area contributed by atoms with E-state index < -0.39 is 0 Å². The van der Waals surface area contributed by atoms with Crippen molar-refractivity contribution in [2.75, 3.05) is 16.8 Å². The molecule has 4 heteroatoms. The topological polar surface area (TPSA) is 16.1 Å². The van der Waals surface area contributed by atoms with Crippen molar-refractivity contribution < 1.29 is 0 Å². The van der Waals surface area contributed by atoms with Gasteiger partial charge in [-0.15, -0.1) is 11.3 Å². The molecule has 2 aromatic rings. The Morgan fingerprint density at radius 2 is 2.33 bits per heavy atom. The molecule has 0 N–H and O–H groups in total. The van der Waals surface area contributed by atoms with Gasteiger partial charge in [0, 0.05) is 34.2 Å². The van der Waals surface area contributed by atoms with Crippen LogP contribution in [-0.2, 0) is 0 Å². The summed E-state index contributed by atoms with van der Waals surface area (Å²) in [7, 11) is 0. The molecule has 0 saturated carbocycles. The van der Waals surface area contributed by atoms with Gasteiger partial charge in [0.05, 0.1) is 0 Å². The van der Waals surface area contributed by atoms with Crippen molar-refractivity contribution in [3.63, 3.8) is 0 Å². The van der Waals surface area contributed by atoms with Gasteiger partial charge in [0.1, 0.15) is 5.82 Å². The van der Waals surface area contributed by atoms with Crippen LogP contribution in [0, 0.1) is 0 Å². The lowest BCUT2D eigenvalue weighted by atomic mass is 9.99. The first kappa shape index (κ1) is 12.4. The van der Waals surface area contributed by atoms with E-state index in [4.69, 9.17) is 0 Å². The molecule has 3 heterocycles. The zero-order valence-electron chi connectivity index (χ0n) is 10.3. The van der Waals surface area contributed by atoms with E-state index >= 15 is 0 Å². The number of piperidine rings is 1. The summed E-state index contributed by atoms with van der Waals surface area (Å²) in [6.07, 6.45) is 7.11. The van der Waals surface area contributed by atoms with Gasteiger partial charge in [0.15, 0.2) is 0 Å². The van der Waals surface area contributed by atoms with Crippen LogP contribution < -0.4 is 4.90 Å². The second-order valence-electron chi connectivity index (χ2n) is 4.79. The van der Waals surface area contributed by atoms with E-state index in [1.54, 1.807) is 11.3 Å². The first-order chi connectivity index (χ1) is 8.90. The van der Waals surface area contributed by atoms with Gasteiger partial charge in [-0.1, -0.05) is 15.9 Å². The van der Waals surface area contributed by atoms with Gasteiger partial charge >= 0.3 is 0 Å². The lowest BCUT2D eigenvalue weighted by Gasteiger charge is -2.36. The summed E-state index contributed by atoms with van der Waals surface area (Å²) >= 11 is 5.39. The number of pyridine rings is 1. The van der Waals surface area contributed by atoms with Crippen molar-refractivity contribution in [1.82, 2.24) is 4.98 Å². The normalized spacial score (nSPS) is 20.5. The molecule has 1 fully saturated rings. The Bertz CT molecular complexity index is 523. The highest BCUT2D eigenvalue weighted by Gasteiger charge is 2.24. The van der Waals surface area contributed by atoms with Gasteiger partial charge < -0.3 is 4.90 Å². The lowest BCUT2D eigenvalue weighted by Crippen LogP contribution is -2.40. The molecule has 2 nitrogen and oxygen atoms in total. The molecule has 96 valence electrons. The summed E-state index contributed by atoms with van der Waals surface area (Å²) in [5.74, 6) is 1.19. The lowest BCUT2D eigenvalue weighted by molar-refractivity contribution is 0.450. The fourth-order valence-electron chi connectivity index (χ4n) is 2.81. The number of hydrogen-bond acceptors (Lipinski definition) is 3. The largest absolute Gasteiger partial charge is 0.353 e. The Hall–Kier alpha value is -0.610. The van der Waals surface area contributed by atoms with E-state index in [0.717, 1.165) is 11.9 Å². The van der Waals surface area contributed by atoms with Crippen LogP contribution in [0.4, 0.5) is 5.82 Å². The first-order valence-electron chi connectivity index (χ1n) is 6.55. The number of hydrogen-bond donors (Lipinski definition) is 0. The average molecular weight is 325 g/mol. The number of alkyl halides is 1. The van der Waals surface area contributed by atoms with Crippen LogP contribution in [0.1, 0.15) is 25.7 Å². The molecule has 0 amide bonds. The molecule has 0 aromatic carbocycles. The molecule has 1 aliphatic rings. The SMILES string of the molecule is BrCCC1CCCCN1c1nccc2sccc12. The Morgan fingerprint density at radius 3 is 3.22 bits per heavy atom. The molecule has 18 heavy (non-hydrogen) atoms. The monoisotopic (exact) mass is 324 g/mol. The predicted octanol–water partition coefficient (Wildman–Crippen LogP) is 4.44. The van der Waals surface area contributed by atoms with Crippen molar-refractivity contribution in [3.8, 4) is 0 Å². The molecule has 0 aliphatic carbocycles. The standard InChI is InChI=1S/C14H17BrN2S/c15-7-4-11-3-1-2-9-17(11)14-12-6-10-18-13(12)5-8-16-14/h5-6,8,10-11H,1-4,7,9H2. The van der Waals surface area contributed by atoms with Crippen LogP contribution in [0.5, 0.6) is 0 Å². The number of fused-ring (bicyclic) bond motifs is 1. The minimum Gasteiger partial charge on any atom is -0.353 e. The third-order valence-corrected chi connectivity index (χ3v) is 5.04. The first-order valence-corrected chi connectivity index (χ1v) is 8.55. The zero-order chi connectivity index (χ0) is 12.4. The summed E-state index contributed by atoms with van der Waals surface area (Å²) in [6.45, 7) is 1.15. The molecular weight excluding hydrogens is 308 g/mol. The Balaban J connectivity index is 1.98.